The lowest BCUT2D eigenvalue weighted by molar-refractivity contribution is -0.132. The second kappa shape index (κ2) is 9.44. The van der Waals surface area contributed by atoms with Crippen LogP contribution in [0.15, 0.2) is 86.1 Å². The van der Waals surface area contributed by atoms with Crippen LogP contribution >= 0.6 is 23.4 Å². The Labute approximate surface area is 203 Å². The van der Waals surface area contributed by atoms with Crippen molar-refractivity contribution in [1.82, 2.24) is 15.2 Å². The van der Waals surface area contributed by atoms with Crippen LogP contribution in [0.4, 0.5) is 4.39 Å². The van der Waals surface area contributed by atoms with Crippen LogP contribution in [0.2, 0.25) is 5.02 Å². The Morgan fingerprint density at radius 3 is 2.56 bits per heavy atom. The van der Waals surface area contributed by atoms with Gasteiger partial charge in [0.25, 0.3) is 11.1 Å². The molecule has 10 heteroatoms. The van der Waals surface area contributed by atoms with Gasteiger partial charge in [0.05, 0.1) is 17.2 Å². The van der Waals surface area contributed by atoms with Gasteiger partial charge in [0.1, 0.15) is 17.6 Å². The highest BCUT2D eigenvalue weighted by Crippen LogP contribution is 2.36. The SMILES string of the molecule is CC(Sc1nnc(-c2ccc(F)cc2)o1)C(=O)N1N=C(c2ccc(Cl)cc2)CC1c1ccco1. The molecular formula is C24H18ClFN4O3S. The van der Waals surface area contributed by atoms with Crippen molar-refractivity contribution in [3.63, 3.8) is 0 Å². The molecule has 2 aromatic heterocycles. The number of nitrogens with zero attached hydrogens (tertiary/aromatic N) is 4. The summed E-state index contributed by atoms with van der Waals surface area (Å²) in [4.78, 5) is 13.4. The van der Waals surface area contributed by atoms with Crippen LogP contribution in [0, 0.1) is 5.82 Å². The largest absolute Gasteiger partial charge is 0.467 e. The van der Waals surface area contributed by atoms with Crippen LogP contribution in [0.25, 0.3) is 11.5 Å². The first kappa shape index (κ1) is 22.4. The minimum Gasteiger partial charge on any atom is -0.467 e. The summed E-state index contributed by atoms with van der Waals surface area (Å²) >= 11 is 7.15. The van der Waals surface area contributed by atoms with E-state index in [0.29, 0.717) is 22.8 Å². The van der Waals surface area contributed by atoms with Crippen LogP contribution in [0.3, 0.4) is 0 Å². The normalized spacial score (nSPS) is 16.5. The molecule has 34 heavy (non-hydrogen) atoms. The number of carbonyl (C=O) groups is 1. The summed E-state index contributed by atoms with van der Waals surface area (Å²) in [6.45, 7) is 1.75. The molecule has 0 saturated heterocycles. The van der Waals surface area contributed by atoms with E-state index in [1.807, 2.05) is 18.2 Å². The lowest BCUT2D eigenvalue weighted by atomic mass is 10.0. The van der Waals surface area contributed by atoms with E-state index in [4.69, 9.17) is 20.4 Å². The molecule has 172 valence electrons. The molecule has 0 fully saturated rings. The highest BCUT2D eigenvalue weighted by Gasteiger charge is 2.37. The Morgan fingerprint density at radius 2 is 1.85 bits per heavy atom. The van der Waals surface area contributed by atoms with Crippen molar-refractivity contribution in [2.75, 3.05) is 0 Å². The van der Waals surface area contributed by atoms with E-state index >= 15 is 0 Å². The third-order valence-corrected chi connectivity index (χ3v) is 6.48. The summed E-state index contributed by atoms with van der Waals surface area (Å²) in [7, 11) is 0. The van der Waals surface area contributed by atoms with E-state index in [0.717, 1.165) is 23.0 Å². The molecule has 0 spiro atoms. The predicted molar refractivity (Wildman–Crippen MR) is 126 cm³/mol. The average Bonchev–Trinajstić information content (AvgIpc) is 3.60. The van der Waals surface area contributed by atoms with E-state index in [9.17, 15) is 9.18 Å². The maximum Gasteiger partial charge on any atom is 0.277 e. The fourth-order valence-electron chi connectivity index (χ4n) is 3.59. The van der Waals surface area contributed by atoms with Crippen LogP contribution < -0.4 is 0 Å². The van der Waals surface area contributed by atoms with Gasteiger partial charge < -0.3 is 8.83 Å². The van der Waals surface area contributed by atoms with Crippen molar-refractivity contribution in [3.05, 3.63) is 89.1 Å². The lowest BCUT2D eigenvalue weighted by Crippen LogP contribution is -2.33. The van der Waals surface area contributed by atoms with Crippen LogP contribution in [-0.2, 0) is 4.79 Å². The zero-order valence-electron chi connectivity index (χ0n) is 17.9. The number of benzene rings is 2. The van der Waals surface area contributed by atoms with E-state index in [1.165, 1.54) is 17.1 Å². The second-order valence-electron chi connectivity index (χ2n) is 7.61. The maximum atomic E-state index is 13.4. The van der Waals surface area contributed by atoms with Gasteiger partial charge in [-0.3, -0.25) is 4.79 Å². The van der Waals surface area contributed by atoms with Gasteiger partial charge in [-0.2, -0.15) is 5.10 Å². The topological polar surface area (TPSA) is 84.7 Å². The zero-order chi connectivity index (χ0) is 23.7. The number of amides is 1. The Balaban J connectivity index is 1.35. The summed E-state index contributed by atoms with van der Waals surface area (Å²) in [6, 6.07) is 16.3. The Morgan fingerprint density at radius 1 is 1.12 bits per heavy atom. The van der Waals surface area contributed by atoms with Gasteiger partial charge in [0.2, 0.25) is 5.89 Å². The first-order valence-electron chi connectivity index (χ1n) is 10.4. The number of hydrogen-bond donors (Lipinski definition) is 0. The minimum absolute atomic E-state index is 0.225. The third-order valence-electron chi connectivity index (χ3n) is 5.31. The fourth-order valence-corrected chi connectivity index (χ4v) is 4.44. The Hall–Kier alpha value is -3.43. The number of hydrogen-bond acceptors (Lipinski definition) is 7. The number of aromatic nitrogens is 2. The first-order valence-corrected chi connectivity index (χ1v) is 11.7. The van der Waals surface area contributed by atoms with Gasteiger partial charge in [-0.05, 0) is 61.0 Å². The Kier molecular flexibility index (Phi) is 6.21. The number of rotatable bonds is 6. The molecule has 0 saturated carbocycles. The summed E-state index contributed by atoms with van der Waals surface area (Å²) < 4.78 is 24.4. The summed E-state index contributed by atoms with van der Waals surface area (Å²) in [5.41, 5.74) is 2.24. The van der Waals surface area contributed by atoms with Crippen LogP contribution in [-0.4, -0.2) is 32.1 Å². The van der Waals surface area contributed by atoms with Crippen molar-refractivity contribution >= 4 is 35.0 Å². The molecule has 0 bridgehead atoms. The van der Waals surface area contributed by atoms with E-state index < -0.39 is 5.25 Å². The van der Waals surface area contributed by atoms with Crippen molar-refractivity contribution < 1.29 is 18.0 Å². The Bertz CT molecular complexity index is 1320. The van der Waals surface area contributed by atoms with Crippen molar-refractivity contribution in [2.24, 2.45) is 5.10 Å². The molecule has 1 amide bonds. The van der Waals surface area contributed by atoms with E-state index in [-0.39, 0.29) is 28.9 Å². The van der Waals surface area contributed by atoms with E-state index in [2.05, 4.69) is 15.3 Å². The van der Waals surface area contributed by atoms with Crippen molar-refractivity contribution in [3.8, 4) is 11.5 Å². The molecule has 0 radical (unpaired) electrons. The summed E-state index contributed by atoms with van der Waals surface area (Å²) in [5.74, 6) is 0.318. The minimum atomic E-state index is -0.563. The molecule has 2 unspecified atom stereocenters. The molecule has 2 aromatic carbocycles. The quantitative estimate of drug-likeness (QED) is 0.305. The number of hydrazone groups is 1. The van der Waals surface area contributed by atoms with Gasteiger partial charge in [-0.25, -0.2) is 9.40 Å². The average molecular weight is 497 g/mol. The first-order chi connectivity index (χ1) is 16.5. The molecule has 0 aliphatic carbocycles. The number of thioether (sulfide) groups is 1. The van der Waals surface area contributed by atoms with Crippen LogP contribution in [0.1, 0.15) is 30.7 Å². The van der Waals surface area contributed by atoms with Crippen molar-refractivity contribution in [2.45, 2.75) is 29.9 Å². The van der Waals surface area contributed by atoms with Gasteiger partial charge in [-0.1, -0.05) is 35.5 Å². The molecule has 0 N–H and O–H groups in total. The summed E-state index contributed by atoms with van der Waals surface area (Å²) in [5, 5.41) is 14.4. The molecule has 7 nitrogen and oxygen atoms in total. The molecule has 4 aromatic rings. The smallest absolute Gasteiger partial charge is 0.277 e. The molecule has 3 heterocycles. The zero-order valence-corrected chi connectivity index (χ0v) is 19.5. The number of halogens is 2. The molecular weight excluding hydrogens is 479 g/mol. The highest BCUT2D eigenvalue weighted by atomic mass is 35.5. The monoisotopic (exact) mass is 496 g/mol. The fraction of sp³-hybridized carbons (Fsp3) is 0.167. The molecule has 1 aliphatic heterocycles. The third kappa shape index (κ3) is 4.62. The highest BCUT2D eigenvalue weighted by molar-refractivity contribution is 8.00. The van der Waals surface area contributed by atoms with Crippen molar-refractivity contribution in [1.29, 1.82) is 0 Å². The second-order valence-corrected chi connectivity index (χ2v) is 9.34. The number of carbonyl (C=O) groups excluding carboxylic acids is 1. The standard InChI is InChI=1S/C24H18ClFN4O3S/c1-14(34-24-28-27-22(33-24)16-6-10-18(26)11-7-16)23(31)30-20(21-3-2-12-32-21)13-19(29-30)15-4-8-17(25)9-5-15/h2-12,14,20H,13H2,1H3. The van der Waals surface area contributed by atoms with Gasteiger partial charge in [-0.15, -0.1) is 10.2 Å². The maximum absolute atomic E-state index is 13.4. The molecule has 5 rings (SSSR count). The van der Waals surface area contributed by atoms with Crippen LogP contribution in [0.5, 0.6) is 0 Å². The van der Waals surface area contributed by atoms with Gasteiger partial charge in [0, 0.05) is 17.0 Å². The van der Waals surface area contributed by atoms with Gasteiger partial charge in [0.15, 0.2) is 0 Å². The molecule has 1 aliphatic rings. The predicted octanol–water partition coefficient (Wildman–Crippen LogP) is 5.98. The number of furan rings is 1. The van der Waals surface area contributed by atoms with E-state index in [1.54, 1.807) is 43.5 Å². The lowest BCUT2D eigenvalue weighted by Gasteiger charge is -2.22. The van der Waals surface area contributed by atoms with Gasteiger partial charge >= 0.3 is 0 Å². The summed E-state index contributed by atoms with van der Waals surface area (Å²) in [6.07, 6.45) is 2.08. The molecule has 2 atom stereocenters.